The van der Waals surface area contributed by atoms with Gasteiger partial charge in [0.2, 0.25) is 5.88 Å². The molecule has 102 valence electrons. The van der Waals surface area contributed by atoms with E-state index in [2.05, 4.69) is 30.7 Å². The van der Waals surface area contributed by atoms with Gasteiger partial charge in [-0.3, -0.25) is 0 Å². The summed E-state index contributed by atoms with van der Waals surface area (Å²) in [6.45, 7) is 8.08. The Kier molecular flexibility index (Phi) is 6.98. The summed E-state index contributed by atoms with van der Waals surface area (Å²) >= 11 is 5.91. The molecule has 0 aliphatic rings. The SMILES string of the molecule is CCCc1nc(Cl)cc(OCCOCC(C)C)n1. The van der Waals surface area contributed by atoms with E-state index in [0.717, 1.165) is 25.3 Å². The summed E-state index contributed by atoms with van der Waals surface area (Å²) in [7, 11) is 0. The lowest BCUT2D eigenvalue weighted by molar-refractivity contribution is 0.0805. The number of rotatable bonds is 8. The van der Waals surface area contributed by atoms with Gasteiger partial charge in [-0.25, -0.2) is 4.98 Å². The topological polar surface area (TPSA) is 44.2 Å². The minimum absolute atomic E-state index is 0.423. The molecule has 0 amide bonds. The van der Waals surface area contributed by atoms with Crippen molar-refractivity contribution in [3.63, 3.8) is 0 Å². The van der Waals surface area contributed by atoms with Gasteiger partial charge in [0.25, 0.3) is 0 Å². The second kappa shape index (κ2) is 8.27. The molecule has 0 bridgehead atoms. The zero-order chi connectivity index (χ0) is 13.4. The van der Waals surface area contributed by atoms with E-state index < -0.39 is 0 Å². The molecule has 18 heavy (non-hydrogen) atoms. The number of hydrogen-bond donors (Lipinski definition) is 0. The van der Waals surface area contributed by atoms with Crippen molar-refractivity contribution in [2.24, 2.45) is 5.92 Å². The van der Waals surface area contributed by atoms with Crippen molar-refractivity contribution >= 4 is 11.6 Å². The second-order valence-corrected chi connectivity index (χ2v) is 4.90. The predicted octanol–water partition coefficient (Wildman–Crippen LogP) is 3.13. The average molecular weight is 273 g/mol. The van der Waals surface area contributed by atoms with Crippen LogP contribution in [0.1, 0.15) is 33.0 Å². The fraction of sp³-hybridized carbons (Fsp3) is 0.692. The van der Waals surface area contributed by atoms with Gasteiger partial charge in [-0.15, -0.1) is 0 Å². The number of halogens is 1. The van der Waals surface area contributed by atoms with Gasteiger partial charge in [0.15, 0.2) is 0 Å². The normalized spacial score (nSPS) is 10.9. The number of nitrogens with zero attached hydrogens (tertiary/aromatic N) is 2. The minimum Gasteiger partial charge on any atom is -0.475 e. The van der Waals surface area contributed by atoms with Crippen LogP contribution in [0.4, 0.5) is 0 Å². The standard InChI is InChI=1S/C13H21ClN2O2/c1-4-5-12-15-11(14)8-13(16-12)18-7-6-17-9-10(2)3/h8,10H,4-7,9H2,1-3H3. The predicted molar refractivity (Wildman–Crippen MR) is 72.2 cm³/mol. The Hall–Kier alpha value is -0.870. The maximum atomic E-state index is 5.91. The molecule has 0 aliphatic heterocycles. The molecular weight excluding hydrogens is 252 g/mol. The van der Waals surface area contributed by atoms with E-state index >= 15 is 0 Å². The number of hydrogen-bond acceptors (Lipinski definition) is 4. The van der Waals surface area contributed by atoms with E-state index in [1.807, 2.05) is 0 Å². The highest BCUT2D eigenvalue weighted by Gasteiger charge is 2.03. The first-order valence-electron chi connectivity index (χ1n) is 6.35. The summed E-state index contributed by atoms with van der Waals surface area (Å²) < 4.78 is 10.9. The van der Waals surface area contributed by atoms with Crippen molar-refractivity contribution in [3.8, 4) is 5.88 Å². The Morgan fingerprint density at radius 1 is 1.28 bits per heavy atom. The largest absolute Gasteiger partial charge is 0.475 e. The number of ether oxygens (including phenoxy) is 2. The lowest BCUT2D eigenvalue weighted by Crippen LogP contribution is -2.11. The van der Waals surface area contributed by atoms with Crippen LogP contribution in [0.15, 0.2) is 6.07 Å². The highest BCUT2D eigenvalue weighted by atomic mass is 35.5. The molecule has 0 radical (unpaired) electrons. The molecule has 0 fully saturated rings. The molecule has 0 aliphatic carbocycles. The Morgan fingerprint density at radius 3 is 2.72 bits per heavy atom. The molecule has 1 aromatic rings. The fourth-order valence-corrected chi connectivity index (χ4v) is 1.57. The summed E-state index contributed by atoms with van der Waals surface area (Å²) in [5.41, 5.74) is 0. The van der Waals surface area contributed by atoms with Crippen molar-refractivity contribution in [3.05, 3.63) is 17.0 Å². The third-order valence-electron chi connectivity index (χ3n) is 2.12. The lowest BCUT2D eigenvalue weighted by Gasteiger charge is -2.09. The summed E-state index contributed by atoms with van der Waals surface area (Å²) in [4.78, 5) is 8.42. The van der Waals surface area contributed by atoms with Crippen LogP contribution in [0.2, 0.25) is 5.15 Å². The minimum atomic E-state index is 0.423. The van der Waals surface area contributed by atoms with Crippen molar-refractivity contribution in [1.29, 1.82) is 0 Å². The number of aryl methyl sites for hydroxylation is 1. The molecule has 0 N–H and O–H groups in total. The smallest absolute Gasteiger partial charge is 0.218 e. The molecule has 0 aromatic carbocycles. The first-order chi connectivity index (χ1) is 8.61. The molecule has 0 unspecified atom stereocenters. The van der Waals surface area contributed by atoms with Gasteiger partial charge in [-0.1, -0.05) is 32.4 Å². The summed E-state index contributed by atoms with van der Waals surface area (Å²) in [5.74, 6) is 1.78. The first-order valence-corrected chi connectivity index (χ1v) is 6.73. The van der Waals surface area contributed by atoms with Crippen LogP contribution in [-0.2, 0) is 11.2 Å². The molecule has 0 saturated heterocycles. The zero-order valence-corrected chi connectivity index (χ0v) is 12.0. The van der Waals surface area contributed by atoms with Crippen LogP contribution in [-0.4, -0.2) is 29.8 Å². The van der Waals surface area contributed by atoms with Crippen molar-refractivity contribution in [1.82, 2.24) is 9.97 Å². The summed E-state index contributed by atoms with van der Waals surface area (Å²) in [5, 5.41) is 0.423. The number of aromatic nitrogens is 2. The Balaban J connectivity index is 2.37. The zero-order valence-electron chi connectivity index (χ0n) is 11.3. The molecule has 0 saturated carbocycles. The van der Waals surface area contributed by atoms with Crippen LogP contribution >= 0.6 is 11.6 Å². The maximum Gasteiger partial charge on any atom is 0.218 e. The molecular formula is C13H21ClN2O2. The third-order valence-corrected chi connectivity index (χ3v) is 2.31. The molecule has 1 rings (SSSR count). The van der Waals surface area contributed by atoms with E-state index in [9.17, 15) is 0 Å². The quantitative estimate of drug-likeness (QED) is 0.539. The van der Waals surface area contributed by atoms with E-state index in [1.165, 1.54) is 0 Å². The highest BCUT2D eigenvalue weighted by molar-refractivity contribution is 6.29. The van der Waals surface area contributed by atoms with Crippen molar-refractivity contribution < 1.29 is 9.47 Å². The van der Waals surface area contributed by atoms with Gasteiger partial charge in [-0.05, 0) is 12.3 Å². The summed E-state index contributed by atoms with van der Waals surface area (Å²) in [6, 6.07) is 1.63. The molecule has 4 nitrogen and oxygen atoms in total. The fourth-order valence-electron chi connectivity index (χ4n) is 1.38. The molecule has 0 atom stereocenters. The van der Waals surface area contributed by atoms with Crippen LogP contribution in [0.5, 0.6) is 5.88 Å². The van der Waals surface area contributed by atoms with E-state index in [0.29, 0.717) is 30.2 Å². The van der Waals surface area contributed by atoms with E-state index in [1.54, 1.807) is 6.07 Å². The molecule has 1 heterocycles. The summed E-state index contributed by atoms with van der Waals surface area (Å²) in [6.07, 6.45) is 1.79. The van der Waals surface area contributed by atoms with Crippen LogP contribution in [0.3, 0.4) is 0 Å². The van der Waals surface area contributed by atoms with Gasteiger partial charge in [0.05, 0.1) is 6.61 Å². The highest BCUT2D eigenvalue weighted by Crippen LogP contribution is 2.14. The Morgan fingerprint density at radius 2 is 2.06 bits per heavy atom. The van der Waals surface area contributed by atoms with Crippen molar-refractivity contribution in [2.45, 2.75) is 33.6 Å². The van der Waals surface area contributed by atoms with Gasteiger partial charge >= 0.3 is 0 Å². The first kappa shape index (κ1) is 15.2. The van der Waals surface area contributed by atoms with E-state index in [4.69, 9.17) is 21.1 Å². The van der Waals surface area contributed by atoms with E-state index in [-0.39, 0.29) is 0 Å². The molecule has 0 spiro atoms. The second-order valence-electron chi connectivity index (χ2n) is 4.51. The Labute approximate surface area is 114 Å². The van der Waals surface area contributed by atoms with Gasteiger partial charge in [0.1, 0.15) is 17.6 Å². The average Bonchev–Trinajstić information content (AvgIpc) is 2.28. The molecule has 5 heteroatoms. The Bertz CT molecular complexity index is 359. The van der Waals surface area contributed by atoms with Crippen LogP contribution in [0.25, 0.3) is 0 Å². The van der Waals surface area contributed by atoms with Gasteiger partial charge in [0, 0.05) is 19.1 Å². The third kappa shape index (κ3) is 6.17. The van der Waals surface area contributed by atoms with Crippen molar-refractivity contribution in [2.75, 3.05) is 19.8 Å². The lowest BCUT2D eigenvalue weighted by atomic mass is 10.2. The van der Waals surface area contributed by atoms with Crippen LogP contribution < -0.4 is 4.74 Å². The van der Waals surface area contributed by atoms with Crippen LogP contribution in [0, 0.1) is 5.92 Å². The molecule has 1 aromatic heterocycles. The van der Waals surface area contributed by atoms with Gasteiger partial charge < -0.3 is 9.47 Å². The maximum absolute atomic E-state index is 5.91. The van der Waals surface area contributed by atoms with Gasteiger partial charge in [-0.2, -0.15) is 4.98 Å². The monoisotopic (exact) mass is 272 g/mol.